The summed E-state index contributed by atoms with van der Waals surface area (Å²) >= 11 is 6.13. The summed E-state index contributed by atoms with van der Waals surface area (Å²) in [5.41, 5.74) is 3.57. The normalized spacial score (nSPS) is 21.6. The fourth-order valence-electron chi connectivity index (χ4n) is 7.40. The topological polar surface area (TPSA) is 50.6 Å². The van der Waals surface area contributed by atoms with Crippen molar-refractivity contribution in [2.24, 2.45) is 0 Å². The van der Waals surface area contributed by atoms with E-state index in [1.165, 1.54) is 50.9 Å². The summed E-state index contributed by atoms with van der Waals surface area (Å²) in [6.07, 6.45) is 20.8. The van der Waals surface area contributed by atoms with Crippen molar-refractivity contribution in [2.75, 3.05) is 45.9 Å². The highest BCUT2D eigenvalue weighted by molar-refractivity contribution is 6.30. The molecule has 7 heteroatoms. The lowest BCUT2D eigenvalue weighted by Gasteiger charge is -2.22. The molecule has 2 atom stereocenters. The Bertz CT molecular complexity index is 1520. The maximum absolute atomic E-state index is 13.6. The molecule has 0 N–H and O–H groups in total. The molecule has 46 heavy (non-hydrogen) atoms. The van der Waals surface area contributed by atoms with Crippen LogP contribution in [0.2, 0.25) is 5.02 Å². The molecule has 246 valence electrons. The van der Waals surface area contributed by atoms with E-state index in [9.17, 15) is 4.79 Å². The van der Waals surface area contributed by atoms with E-state index in [4.69, 9.17) is 21.4 Å². The number of nitrogens with zero attached hydrogens (tertiary/aromatic N) is 4. The van der Waals surface area contributed by atoms with Crippen LogP contribution in [0.1, 0.15) is 87.9 Å². The molecule has 6 rings (SSSR count). The lowest BCUT2D eigenvalue weighted by Crippen LogP contribution is -2.30. The maximum atomic E-state index is 13.6. The van der Waals surface area contributed by atoms with Crippen molar-refractivity contribution in [1.82, 2.24) is 19.6 Å². The van der Waals surface area contributed by atoms with Gasteiger partial charge < -0.3 is 14.5 Å². The minimum atomic E-state index is 0.0321. The van der Waals surface area contributed by atoms with Crippen LogP contribution in [0.3, 0.4) is 0 Å². The van der Waals surface area contributed by atoms with E-state index in [2.05, 4.69) is 28.0 Å². The molecule has 3 aliphatic rings. The second-order valence-electron chi connectivity index (χ2n) is 13.5. The molecule has 0 bridgehead atoms. The summed E-state index contributed by atoms with van der Waals surface area (Å²) in [7, 11) is 0. The summed E-state index contributed by atoms with van der Waals surface area (Å²) in [5, 5.41) is 7.44. The van der Waals surface area contributed by atoms with Crippen molar-refractivity contribution in [1.29, 1.82) is 0 Å². The molecular weight excluding hydrogens is 592 g/mol. The molecule has 0 amide bonds. The Kier molecular flexibility index (Phi) is 12.2. The molecular formula is C39H51ClN4O2. The maximum Gasteiger partial charge on any atom is 0.274 e. The molecule has 3 heterocycles. The number of fused-ring (bicyclic) bond motifs is 1. The number of likely N-dealkylation sites (tertiary alicyclic amines) is 2. The van der Waals surface area contributed by atoms with Crippen LogP contribution in [-0.2, 0) is 11.2 Å². The lowest BCUT2D eigenvalue weighted by atomic mass is 10.0. The molecule has 2 saturated heterocycles. The van der Waals surface area contributed by atoms with Gasteiger partial charge in [-0.05, 0) is 108 Å². The zero-order valence-corrected chi connectivity index (χ0v) is 28.2. The Morgan fingerprint density at radius 1 is 0.826 bits per heavy atom. The van der Waals surface area contributed by atoms with Crippen LogP contribution in [-0.4, -0.2) is 71.6 Å². The van der Waals surface area contributed by atoms with Crippen molar-refractivity contribution in [3.05, 3.63) is 99.0 Å². The zero-order chi connectivity index (χ0) is 31.6. The lowest BCUT2D eigenvalue weighted by molar-refractivity contribution is 0.0775. The van der Waals surface area contributed by atoms with Gasteiger partial charge in [0.25, 0.3) is 5.56 Å². The van der Waals surface area contributed by atoms with Crippen LogP contribution >= 0.6 is 11.6 Å². The molecule has 2 aliphatic heterocycles. The number of ether oxygens (including phenoxy) is 1. The average Bonchev–Trinajstić information content (AvgIpc) is 3.49. The quantitative estimate of drug-likeness (QED) is 0.188. The first kappa shape index (κ1) is 33.1. The third-order valence-electron chi connectivity index (χ3n) is 10.1. The van der Waals surface area contributed by atoms with Crippen LogP contribution in [0.25, 0.3) is 10.8 Å². The van der Waals surface area contributed by atoms with Crippen molar-refractivity contribution in [3.63, 3.8) is 0 Å². The standard InChI is InChI=1S/C39H51ClN4O2/c40-33-18-14-32(15-19-33)30-38-36-12-3-4-13-37(36)39(45)44(41-38)34-11-8-26-43(28-22-34)25-7-10-31-16-20-35(21-17-31)46-29-9-27-42-23-5-1-2-6-24-42/h3-4,12-20,34-35H,1-2,5-11,21-30H2. The van der Waals surface area contributed by atoms with E-state index in [0.717, 1.165) is 98.2 Å². The minimum Gasteiger partial charge on any atom is -0.374 e. The van der Waals surface area contributed by atoms with Gasteiger partial charge in [0.05, 0.1) is 23.2 Å². The van der Waals surface area contributed by atoms with Gasteiger partial charge in [0, 0.05) is 36.5 Å². The van der Waals surface area contributed by atoms with Gasteiger partial charge in [0.15, 0.2) is 0 Å². The molecule has 1 aliphatic carbocycles. The molecule has 2 aromatic carbocycles. The van der Waals surface area contributed by atoms with Crippen LogP contribution in [0, 0.1) is 0 Å². The van der Waals surface area contributed by atoms with Gasteiger partial charge in [-0.15, -0.1) is 0 Å². The van der Waals surface area contributed by atoms with Gasteiger partial charge in [-0.3, -0.25) is 4.79 Å². The monoisotopic (exact) mass is 642 g/mol. The first-order chi connectivity index (χ1) is 22.6. The van der Waals surface area contributed by atoms with Gasteiger partial charge in [-0.25, -0.2) is 4.68 Å². The Morgan fingerprint density at radius 3 is 2.35 bits per heavy atom. The number of benzene rings is 2. The minimum absolute atomic E-state index is 0.0321. The third kappa shape index (κ3) is 9.19. The van der Waals surface area contributed by atoms with Gasteiger partial charge in [-0.2, -0.15) is 5.10 Å². The number of hydrogen-bond acceptors (Lipinski definition) is 5. The van der Waals surface area contributed by atoms with Gasteiger partial charge in [0.2, 0.25) is 0 Å². The largest absolute Gasteiger partial charge is 0.374 e. The molecule has 0 radical (unpaired) electrons. The molecule has 0 spiro atoms. The molecule has 2 fully saturated rings. The highest BCUT2D eigenvalue weighted by atomic mass is 35.5. The Hall–Kier alpha value is -2.77. The Balaban J connectivity index is 0.961. The smallest absolute Gasteiger partial charge is 0.274 e. The Morgan fingerprint density at radius 2 is 1.57 bits per heavy atom. The van der Waals surface area contributed by atoms with E-state index >= 15 is 0 Å². The summed E-state index contributed by atoms with van der Waals surface area (Å²) in [4.78, 5) is 18.8. The summed E-state index contributed by atoms with van der Waals surface area (Å²) in [6, 6.07) is 16.0. The van der Waals surface area contributed by atoms with Gasteiger partial charge >= 0.3 is 0 Å². The van der Waals surface area contributed by atoms with E-state index in [0.29, 0.717) is 6.42 Å². The number of allylic oxidation sites excluding steroid dienone is 2. The van der Waals surface area contributed by atoms with Crippen molar-refractivity contribution < 1.29 is 4.74 Å². The summed E-state index contributed by atoms with van der Waals surface area (Å²) in [6.45, 7) is 7.74. The summed E-state index contributed by atoms with van der Waals surface area (Å²) in [5.74, 6) is 0. The second-order valence-corrected chi connectivity index (χ2v) is 13.9. The molecule has 1 aromatic heterocycles. The molecule has 6 nitrogen and oxygen atoms in total. The van der Waals surface area contributed by atoms with Crippen LogP contribution in [0.15, 0.2) is 77.1 Å². The summed E-state index contributed by atoms with van der Waals surface area (Å²) < 4.78 is 7.99. The van der Waals surface area contributed by atoms with E-state index < -0.39 is 0 Å². The van der Waals surface area contributed by atoms with Crippen molar-refractivity contribution >= 4 is 22.4 Å². The van der Waals surface area contributed by atoms with Gasteiger partial charge in [0.1, 0.15) is 0 Å². The van der Waals surface area contributed by atoms with Crippen LogP contribution in [0.5, 0.6) is 0 Å². The molecule has 0 saturated carbocycles. The number of rotatable bonds is 12. The molecule has 2 unspecified atom stereocenters. The van der Waals surface area contributed by atoms with Crippen LogP contribution < -0.4 is 5.56 Å². The third-order valence-corrected chi connectivity index (χ3v) is 10.3. The first-order valence-electron chi connectivity index (χ1n) is 17.8. The predicted octanol–water partition coefficient (Wildman–Crippen LogP) is 7.99. The SMILES string of the molecule is O=c1c2ccccc2c(Cc2ccc(Cl)cc2)nn1C1CCCN(CCCC2=CCC(OCCCN3CCCCCC3)C=C2)CC1. The van der Waals surface area contributed by atoms with Crippen molar-refractivity contribution in [3.8, 4) is 0 Å². The first-order valence-corrected chi connectivity index (χ1v) is 18.2. The van der Waals surface area contributed by atoms with E-state index in [1.54, 1.807) is 0 Å². The average molecular weight is 643 g/mol. The highest BCUT2D eigenvalue weighted by Gasteiger charge is 2.22. The fourth-order valence-corrected chi connectivity index (χ4v) is 7.52. The number of halogens is 1. The Labute approximate surface area is 280 Å². The van der Waals surface area contributed by atoms with E-state index in [-0.39, 0.29) is 17.7 Å². The zero-order valence-electron chi connectivity index (χ0n) is 27.4. The fraction of sp³-hybridized carbons (Fsp3) is 0.538. The van der Waals surface area contributed by atoms with Crippen LogP contribution in [0.4, 0.5) is 0 Å². The highest BCUT2D eigenvalue weighted by Crippen LogP contribution is 2.25. The van der Waals surface area contributed by atoms with E-state index in [1.807, 2.05) is 53.2 Å². The molecule has 3 aromatic rings. The number of aromatic nitrogens is 2. The number of hydrogen-bond donors (Lipinski definition) is 0. The predicted molar refractivity (Wildman–Crippen MR) is 190 cm³/mol. The van der Waals surface area contributed by atoms with Gasteiger partial charge in [-0.1, -0.05) is 78.6 Å². The van der Waals surface area contributed by atoms with Crippen molar-refractivity contribution in [2.45, 2.75) is 89.2 Å². The second kappa shape index (κ2) is 16.9.